The van der Waals surface area contributed by atoms with Crippen LogP contribution in [0.4, 0.5) is 13.2 Å². The van der Waals surface area contributed by atoms with Gasteiger partial charge in [0, 0.05) is 24.6 Å². The molecule has 1 aliphatic rings. The molecule has 0 atom stereocenters. The molecule has 1 N–H and O–H groups in total. The highest BCUT2D eigenvalue weighted by Crippen LogP contribution is 2.23. The number of hydrogen-bond acceptors (Lipinski definition) is 2. The molecule has 6 heteroatoms. The Balaban J connectivity index is 2.03. The molecule has 1 aromatic rings. The molecule has 0 unspecified atom stereocenters. The maximum atomic E-state index is 13.6. The quantitative estimate of drug-likeness (QED) is 0.905. The van der Waals surface area contributed by atoms with Crippen molar-refractivity contribution >= 4 is 5.91 Å². The van der Waals surface area contributed by atoms with E-state index in [9.17, 15) is 18.0 Å². The van der Waals surface area contributed by atoms with Crippen molar-refractivity contribution < 1.29 is 22.7 Å². The third kappa shape index (κ3) is 4.37. The molecule has 0 bridgehead atoms. The van der Waals surface area contributed by atoms with E-state index in [1.807, 2.05) is 6.08 Å². The number of alkyl halides is 2. The molecular weight excluding hydrogens is 283 g/mol. The van der Waals surface area contributed by atoms with Crippen molar-refractivity contribution in [1.29, 1.82) is 0 Å². The highest BCUT2D eigenvalue weighted by molar-refractivity contribution is 5.96. The average Bonchev–Trinajstić information content (AvgIpc) is 2.91. The van der Waals surface area contributed by atoms with Gasteiger partial charge in [0.2, 0.25) is 0 Å². The summed E-state index contributed by atoms with van der Waals surface area (Å²) < 4.78 is 43.5. The van der Waals surface area contributed by atoms with Gasteiger partial charge in [0.15, 0.2) is 0 Å². The van der Waals surface area contributed by atoms with Crippen LogP contribution >= 0.6 is 0 Å². The number of halogens is 3. The van der Waals surface area contributed by atoms with Gasteiger partial charge in [-0.1, -0.05) is 18.2 Å². The highest BCUT2D eigenvalue weighted by atomic mass is 19.3. The Labute approximate surface area is 120 Å². The first-order chi connectivity index (χ1) is 9.85. The fourth-order valence-corrected chi connectivity index (χ4v) is 1.86. The maximum Gasteiger partial charge on any atom is 0.394 e. The van der Waals surface area contributed by atoms with E-state index in [0.29, 0.717) is 18.9 Å². The molecule has 1 aromatic carbocycles. The topological polar surface area (TPSA) is 38.3 Å². The van der Waals surface area contributed by atoms with Crippen LogP contribution in [0.3, 0.4) is 0 Å². The number of benzene rings is 1. The molecule has 21 heavy (non-hydrogen) atoms. The van der Waals surface area contributed by atoms with Crippen molar-refractivity contribution in [2.24, 2.45) is 0 Å². The van der Waals surface area contributed by atoms with Crippen molar-refractivity contribution in [1.82, 2.24) is 5.32 Å². The number of carbonyl (C=O) groups excluding carboxylic acids is 1. The van der Waals surface area contributed by atoms with Crippen LogP contribution in [0.15, 0.2) is 42.0 Å². The first-order valence-corrected chi connectivity index (χ1v) is 6.35. The standard InChI is InChI=1S/C15H14F3NO2/c1-15(17,18)21-12-6-7-13(16)11(8-12)9-19-14(20)10-4-2-3-5-10/h2,4-8H,3,9H2,1H3,(H,19,20). The first kappa shape index (κ1) is 15.2. The molecule has 2 rings (SSSR count). The minimum atomic E-state index is -3.35. The van der Waals surface area contributed by atoms with Crippen LogP contribution in [-0.2, 0) is 11.3 Å². The molecule has 1 aliphatic carbocycles. The van der Waals surface area contributed by atoms with Crippen LogP contribution in [0.2, 0.25) is 0 Å². The van der Waals surface area contributed by atoms with Crippen LogP contribution in [0.25, 0.3) is 0 Å². The zero-order valence-electron chi connectivity index (χ0n) is 11.3. The van der Waals surface area contributed by atoms with Crippen LogP contribution in [0.1, 0.15) is 18.9 Å². The van der Waals surface area contributed by atoms with Crippen LogP contribution in [0.5, 0.6) is 5.75 Å². The maximum absolute atomic E-state index is 13.6. The number of allylic oxidation sites excluding steroid dienone is 2. The van der Waals surface area contributed by atoms with Gasteiger partial charge < -0.3 is 10.1 Å². The fraction of sp³-hybridized carbons (Fsp3) is 0.267. The van der Waals surface area contributed by atoms with Crippen LogP contribution in [0, 0.1) is 5.82 Å². The van der Waals surface area contributed by atoms with Gasteiger partial charge in [-0.15, -0.1) is 0 Å². The Morgan fingerprint density at radius 2 is 2.19 bits per heavy atom. The number of hydrogen-bond donors (Lipinski definition) is 1. The average molecular weight is 297 g/mol. The summed E-state index contributed by atoms with van der Waals surface area (Å²) in [5, 5.41) is 2.53. The fourth-order valence-electron chi connectivity index (χ4n) is 1.86. The van der Waals surface area contributed by atoms with Gasteiger partial charge in [-0.2, -0.15) is 8.78 Å². The number of carbonyl (C=O) groups is 1. The summed E-state index contributed by atoms with van der Waals surface area (Å²) in [6.07, 6.45) is 2.57. The second-order valence-electron chi connectivity index (χ2n) is 4.64. The van der Waals surface area contributed by atoms with Gasteiger partial charge in [-0.05, 0) is 24.6 Å². The molecule has 0 radical (unpaired) electrons. The lowest BCUT2D eigenvalue weighted by atomic mass is 10.2. The van der Waals surface area contributed by atoms with E-state index < -0.39 is 11.9 Å². The summed E-state index contributed by atoms with van der Waals surface area (Å²) in [4.78, 5) is 11.7. The molecule has 0 saturated heterocycles. The first-order valence-electron chi connectivity index (χ1n) is 6.35. The molecule has 0 saturated carbocycles. The Hall–Kier alpha value is -2.24. The summed E-state index contributed by atoms with van der Waals surface area (Å²) in [6.45, 7) is 0.485. The van der Waals surface area contributed by atoms with E-state index in [-0.39, 0.29) is 23.8 Å². The lowest BCUT2D eigenvalue weighted by molar-refractivity contribution is -0.159. The van der Waals surface area contributed by atoms with Gasteiger partial charge in [0.1, 0.15) is 11.6 Å². The molecule has 0 heterocycles. The second kappa shape index (κ2) is 6.03. The molecule has 0 aromatic heterocycles. The molecule has 0 aliphatic heterocycles. The van der Waals surface area contributed by atoms with E-state index in [0.717, 1.165) is 18.2 Å². The normalized spacial score (nSPS) is 14.0. The number of rotatable bonds is 5. The SMILES string of the molecule is CC(F)(F)Oc1ccc(F)c(CNC(=O)C2=CCC=C2)c1. The largest absolute Gasteiger partial charge is 0.433 e. The van der Waals surface area contributed by atoms with Gasteiger partial charge >= 0.3 is 6.11 Å². The van der Waals surface area contributed by atoms with Gasteiger partial charge in [-0.3, -0.25) is 4.79 Å². The molecule has 3 nitrogen and oxygen atoms in total. The lowest BCUT2D eigenvalue weighted by Gasteiger charge is -2.14. The molecule has 1 amide bonds. The van der Waals surface area contributed by atoms with Gasteiger partial charge in [0.05, 0.1) is 0 Å². The molecular formula is C15H14F3NO2. The van der Waals surface area contributed by atoms with Crippen LogP contribution in [-0.4, -0.2) is 12.0 Å². The van der Waals surface area contributed by atoms with Crippen molar-refractivity contribution in [2.75, 3.05) is 0 Å². The minimum Gasteiger partial charge on any atom is -0.433 e. The van der Waals surface area contributed by atoms with E-state index in [4.69, 9.17) is 0 Å². The lowest BCUT2D eigenvalue weighted by Crippen LogP contribution is -2.24. The summed E-state index contributed by atoms with van der Waals surface area (Å²) in [5.41, 5.74) is 0.579. The third-order valence-electron chi connectivity index (χ3n) is 2.79. The minimum absolute atomic E-state index is 0.0766. The smallest absolute Gasteiger partial charge is 0.394 e. The van der Waals surface area contributed by atoms with Gasteiger partial charge in [-0.25, -0.2) is 4.39 Å². The van der Waals surface area contributed by atoms with Crippen molar-refractivity contribution in [3.8, 4) is 5.75 Å². The Morgan fingerprint density at radius 3 is 2.81 bits per heavy atom. The van der Waals surface area contributed by atoms with Crippen LogP contribution < -0.4 is 10.1 Å². The Bertz CT molecular complexity index is 603. The van der Waals surface area contributed by atoms with Gasteiger partial charge in [0.25, 0.3) is 5.91 Å². The van der Waals surface area contributed by atoms with Crippen molar-refractivity contribution in [3.63, 3.8) is 0 Å². The summed E-state index contributed by atoms with van der Waals surface area (Å²) in [7, 11) is 0. The predicted octanol–water partition coefficient (Wildman–Crippen LogP) is 3.32. The van der Waals surface area contributed by atoms with E-state index in [1.165, 1.54) is 0 Å². The van der Waals surface area contributed by atoms with E-state index in [1.54, 1.807) is 12.2 Å². The molecule has 112 valence electrons. The summed E-state index contributed by atoms with van der Waals surface area (Å²) in [6, 6.07) is 3.28. The molecule has 0 spiro atoms. The number of nitrogens with one attached hydrogen (secondary N) is 1. The number of ether oxygens (including phenoxy) is 1. The zero-order valence-corrected chi connectivity index (χ0v) is 11.3. The highest BCUT2D eigenvalue weighted by Gasteiger charge is 2.23. The number of amides is 1. The second-order valence-corrected chi connectivity index (χ2v) is 4.64. The van der Waals surface area contributed by atoms with E-state index in [2.05, 4.69) is 10.1 Å². The monoisotopic (exact) mass is 297 g/mol. The third-order valence-corrected chi connectivity index (χ3v) is 2.79. The predicted molar refractivity (Wildman–Crippen MR) is 71.3 cm³/mol. The van der Waals surface area contributed by atoms with Crippen molar-refractivity contribution in [2.45, 2.75) is 26.0 Å². The van der Waals surface area contributed by atoms with Crippen molar-refractivity contribution in [3.05, 3.63) is 53.4 Å². The van der Waals surface area contributed by atoms with E-state index >= 15 is 0 Å². The Kier molecular flexibility index (Phi) is 4.35. The summed E-state index contributed by atoms with van der Waals surface area (Å²) >= 11 is 0. The molecule has 0 fully saturated rings. The zero-order chi connectivity index (χ0) is 15.5. The Morgan fingerprint density at radius 1 is 1.43 bits per heavy atom. The summed E-state index contributed by atoms with van der Waals surface area (Å²) in [5.74, 6) is -1.10.